The zero-order valence-corrected chi connectivity index (χ0v) is 24.6. The van der Waals surface area contributed by atoms with E-state index in [0.29, 0.717) is 39.1 Å². The normalized spacial score (nSPS) is 17.3. The van der Waals surface area contributed by atoms with Gasteiger partial charge in [0.2, 0.25) is 0 Å². The minimum absolute atomic E-state index is 0.132. The molecule has 1 atom stereocenters. The third-order valence-corrected chi connectivity index (χ3v) is 8.39. The van der Waals surface area contributed by atoms with Gasteiger partial charge in [-0.15, -0.1) is 11.8 Å². The number of rotatable bonds is 7. The predicted molar refractivity (Wildman–Crippen MR) is 159 cm³/mol. The van der Waals surface area contributed by atoms with Gasteiger partial charge in [-0.2, -0.15) is 5.10 Å². The first-order valence-corrected chi connectivity index (χ1v) is 15.1. The largest absolute Gasteiger partial charge is 0.497 e. The molecule has 1 fully saturated rings. The number of carbonyl (C=O) groups excluding carboxylic acids is 2. The van der Waals surface area contributed by atoms with E-state index >= 15 is 0 Å². The van der Waals surface area contributed by atoms with Gasteiger partial charge in [-0.1, -0.05) is 47.3 Å². The topological polar surface area (TPSA) is 97.3 Å². The number of amides is 2. The van der Waals surface area contributed by atoms with Gasteiger partial charge in [-0.25, -0.2) is 4.68 Å². The summed E-state index contributed by atoms with van der Waals surface area (Å²) < 4.78 is 7.91. The van der Waals surface area contributed by atoms with E-state index in [1.807, 2.05) is 37.4 Å². The van der Waals surface area contributed by atoms with E-state index < -0.39 is 6.04 Å². The van der Waals surface area contributed by atoms with Crippen molar-refractivity contribution >= 4 is 51.0 Å². The van der Waals surface area contributed by atoms with Crippen LogP contribution in [-0.4, -0.2) is 41.0 Å². The van der Waals surface area contributed by atoms with Gasteiger partial charge in [0.05, 0.1) is 12.7 Å². The summed E-state index contributed by atoms with van der Waals surface area (Å²) in [6.07, 6.45) is 7.37. The van der Waals surface area contributed by atoms with Crippen LogP contribution in [0.15, 0.2) is 69.3 Å². The molecule has 1 aromatic heterocycles. The molecule has 1 unspecified atom stereocenters. The van der Waals surface area contributed by atoms with Crippen molar-refractivity contribution in [2.45, 2.75) is 56.1 Å². The second-order valence-corrected chi connectivity index (χ2v) is 11.5. The van der Waals surface area contributed by atoms with Crippen LogP contribution in [0.3, 0.4) is 0 Å². The first kappa shape index (κ1) is 27.3. The number of nitrogens with zero attached hydrogens (tertiary/aromatic N) is 2. The van der Waals surface area contributed by atoms with Crippen molar-refractivity contribution in [3.63, 3.8) is 0 Å². The zero-order valence-electron chi connectivity index (χ0n) is 22.2. The molecule has 1 saturated carbocycles. The quantitative estimate of drug-likeness (QED) is 0.269. The van der Waals surface area contributed by atoms with Crippen LogP contribution in [0.5, 0.6) is 5.75 Å². The van der Waals surface area contributed by atoms with Gasteiger partial charge in [-0.3, -0.25) is 9.59 Å². The maximum atomic E-state index is 13.8. The van der Waals surface area contributed by atoms with Crippen molar-refractivity contribution in [1.29, 1.82) is 0 Å². The Labute approximate surface area is 241 Å². The molecule has 1 aliphatic heterocycles. The minimum atomic E-state index is -0.542. The summed E-state index contributed by atoms with van der Waals surface area (Å²) in [5.41, 5.74) is 3.23. The van der Waals surface area contributed by atoms with Crippen LogP contribution in [0, 0.1) is 0 Å². The summed E-state index contributed by atoms with van der Waals surface area (Å²) in [7, 11) is 1.60. The fourth-order valence-corrected chi connectivity index (χ4v) is 6.28. The molecule has 39 heavy (non-hydrogen) atoms. The van der Waals surface area contributed by atoms with Crippen LogP contribution in [0.1, 0.15) is 61.0 Å². The lowest BCUT2D eigenvalue weighted by Crippen LogP contribution is -2.37. The van der Waals surface area contributed by atoms with Crippen LogP contribution >= 0.6 is 27.7 Å². The van der Waals surface area contributed by atoms with Gasteiger partial charge in [0.1, 0.15) is 28.2 Å². The third kappa shape index (κ3) is 5.72. The predicted octanol–water partition coefficient (Wildman–Crippen LogP) is 6.37. The summed E-state index contributed by atoms with van der Waals surface area (Å²) in [5, 5.41) is 15.1. The highest BCUT2D eigenvalue weighted by molar-refractivity contribution is 9.10. The lowest BCUT2D eigenvalue weighted by atomic mass is 9.94. The molecule has 2 amide bonds. The molecular weight excluding hydrogens is 578 g/mol. The van der Waals surface area contributed by atoms with Crippen LogP contribution < -0.4 is 20.7 Å². The molecule has 5 rings (SSSR count). The maximum Gasteiger partial charge on any atom is 0.258 e. The van der Waals surface area contributed by atoms with Crippen molar-refractivity contribution in [2.75, 3.05) is 24.0 Å². The van der Waals surface area contributed by atoms with Crippen molar-refractivity contribution in [2.24, 2.45) is 0 Å². The molecule has 2 aromatic carbocycles. The lowest BCUT2D eigenvalue weighted by molar-refractivity contribution is -0.113. The number of halogens is 1. The Balaban J connectivity index is 1.55. The fourth-order valence-electron chi connectivity index (χ4n) is 5.30. The standard InChI is InChI=1S/C29H32BrN5O3S/c1-17-23(27(36)33-21-12-14-22(38-2)15-13-21)25(18-8-7-9-19(30)16-18)35-26(31-17)24(29(34-35)39-3)28(37)32-20-10-5-4-6-11-20/h7-9,12-16,20,25,31H,4-6,10-11H2,1-3H3,(H,32,37)(H,33,36). The number of nitrogens with one attached hydrogen (secondary N) is 3. The molecule has 204 valence electrons. The molecule has 0 saturated heterocycles. The number of aromatic nitrogens is 2. The van der Waals surface area contributed by atoms with Gasteiger partial charge >= 0.3 is 0 Å². The van der Waals surface area contributed by atoms with E-state index in [1.165, 1.54) is 18.2 Å². The number of fused-ring (bicyclic) bond motifs is 1. The van der Waals surface area contributed by atoms with E-state index in [-0.39, 0.29) is 17.9 Å². The van der Waals surface area contributed by atoms with E-state index in [1.54, 1.807) is 36.1 Å². The summed E-state index contributed by atoms with van der Waals surface area (Å²) in [5.74, 6) is 0.915. The van der Waals surface area contributed by atoms with Crippen LogP contribution in [0.25, 0.3) is 0 Å². The Morgan fingerprint density at radius 1 is 1.10 bits per heavy atom. The first-order valence-electron chi connectivity index (χ1n) is 13.1. The SMILES string of the molecule is COc1ccc(NC(=O)C2=C(C)Nc3c(C(=O)NC4CCCCC4)c(SC)nn3C2c2cccc(Br)c2)cc1. The summed E-state index contributed by atoms with van der Waals surface area (Å²) in [4.78, 5) is 27.4. The third-order valence-electron chi connectivity index (χ3n) is 7.22. The van der Waals surface area contributed by atoms with Gasteiger partial charge in [0.25, 0.3) is 11.8 Å². The van der Waals surface area contributed by atoms with Gasteiger partial charge in [0, 0.05) is 21.9 Å². The molecular formula is C29H32BrN5O3S. The molecule has 2 heterocycles. The Morgan fingerprint density at radius 2 is 1.85 bits per heavy atom. The number of thioether (sulfide) groups is 1. The molecule has 0 radical (unpaired) electrons. The fraction of sp³-hybridized carbons (Fsp3) is 0.345. The number of ether oxygens (including phenoxy) is 1. The molecule has 1 aliphatic carbocycles. The number of hydrogen-bond acceptors (Lipinski definition) is 6. The zero-order chi connectivity index (χ0) is 27.5. The van der Waals surface area contributed by atoms with Crippen molar-refractivity contribution in [3.05, 3.63) is 75.4 Å². The number of carbonyl (C=O) groups is 2. The number of anilines is 2. The maximum absolute atomic E-state index is 13.8. The number of methoxy groups -OCH3 is 1. The monoisotopic (exact) mass is 609 g/mol. The smallest absolute Gasteiger partial charge is 0.258 e. The molecule has 3 aromatic rings. The number of hydrogen-bond donors (Lipinski definition) is 3. The lowest BCUT2D eigenvalue weighted by Gasteiger charge is -2.30. The number of allylic oxidation sites excluding steroid dienone is 1. The van der Waals surface area contributed by atoms with Crippen LogP contribution in [0.2, 0.25) is 0 Å². The van der Waals surface area contributed by atoms with E-state index in [2.05, 4.69) is 31.9 Å². The molecule has 8 nitrogen and oxygen atoms in total. The van der Waals surface area contributed by atoms with Gasteiger partial charge in [-0.05, 0) is 68.0 Å². The Kier molecular flexibility index (Phi) is 8.32. The van der Waals surface area contributed by atoms with Crippen molar-refractivity contribution in [1.82, 2.24) is 15.1 Å². The Bertz CT molecular complexity index is 1410. The van der Waals surface area contributed by atoms with Gasteiger partial charge < -0.3 is 20.7 Å². The van der Waals surface area contributed by atoms with Gasteiger partial charge in [0.15, 0.2) is 0 Å². The number of benzene rings is 2. The summed E-state index contributed by atoms with van der Waals surface area (Å²) >= 11 is 5.00. The molecule has 3 N–H and O–H groups in total. The average Bonchev–Trinajstić information content (AvgIpc) is 3.31. The summed E-state index contributed by atoms with van der Waals surface area (Å²) in [6.45, 7) is 1.87. The molecule has 0 spiro atoms. The second-order valence-electron chi connectivity index (χ2n) is 9.79. The van der Waals surface area contributed by atoms with Crippen molar-refractivity contribution in [3.8, 4) is 5.75 Å². The Hall–Kier alpha value is -3.24. The highest BCUT2D eigenvalue weighted by Crippen LogP contribution is 2.41. The second kappa shape index (κ2) is 11.9. The highest BCUT2D eigenvalue weighted by atomic mass is 79.9. The molecule has 2 aliphatic rings. The first-order chi connectivity index (χ1) is 18.9. The van der Waals surface area contributed by atoms with E-state index in [0.717, 1.165) is 35.7 Å². The van der Waals surface area contributed by atoms with E-state index in [9.17, 15) is 9.59 Å². The highest BCUT2D eigenvalue weighted by Gasteiger charge is 2.37. The van der Waals surface area contributed by atoms with Crippen molar-refractivity contribution < 1.29 is 14.3 Å². The van der Waals surface area contributed by atoms with Crippen LogP contribution in [-0.2, 0) is 4.79 Å². The molecule has 0 bridgehead atoms. The minimum Gasteiger partial charge on any atom is -0.497 e. The molecule has 10 heteroatoms. The Morgan fingerprint density at radius 3 is 2.51 bits per heavy atom. The summed E-state index contributed by atoms with van der Waals surface area (Å²) in [6, 6.07) is 14.7. The van der Waals surface area contributed by atoms with E-state index in [4.69, 9.17) is 9.84 Å². The average molecular weight is 611 g/mol. The van der Waals surface area contributed by atoms with Crippen LogP contribution in [0.4, 0.5) is 11.5 Å².